The number of hydrogen-bond donors (Lipinski definition) is 3. The van der Waals surface area contributed by atoms with Crippen LogP contribution in [-0.4, -0.2) is 36.1 Å². The molecule has 1 saturated carbocycles. The standard InChI is InChI=1S/C21H18ClF3N6O2S/c22-14-7-13(8-16(9-14)34(26,32)33)10-27-20-30-17-6-5-15(4-3-12-1-2-12)29-18(17)19(31-20)28-11-21(23,24)25/h5-9,12H,1-2,10-11H2,(H2,26,32,33)(H2,27,28,30,31). The highest BCUT2D eigenvalue weighted by atomic mass is 35.5. The predicted molar refractivity (Wildman–Crippen MR) is 122 cm³/mol. The van der Waals surface area contributed by atoms with E-state index in [4.69, 9.17) is 16.7 Å². The van der Waals surface area contributed by atoms with Gasteiger partial charge in [-0.3, -0.25) is 0 Å². The zero-order valence-electron chi connectivity index (χ0n) is 17.4. The van der Waals surface area contributed by atoms with Gasteiger partial charge in [0.2, 0.25) is 16.0 Å². The number of pyridine rings is 1. The topological polar surface area (TPSA) is 123 Å². The number of rotatable bonds is 6. The number of anilines is 2. The SMILES string of the molecule is NS(=O)(=O)c1cc(Cl)cc(CNc2nc(NCC(F)(F)F)c3nc(C#CC4CC4)ccc3n2)c1. The van der Waals surface area contributed by atoms with Crippen LogP contribution in [0.15, 0.2) is 35.2 Å². The maximum absolute atomic E-state index is 12.8. The Hall–Kier alpha value is -3.14. The first-order valence-corrected chi connectivity index (χ1v) is 12.0. The first-order chi connectivity index (χ1) is 16.0. The Labute approximate surface area is 198 Å². The second kappa shape index (κ2) is 9.25. The molecular weight excluding hydrogens is 493 g/mol. The van der Waals surface area contributed by atoms with E-state index in [1.165, 1.54) is 18.2 Å². The minimum Gasteiger partial charge on any atom is -0.359 e. The van der Waals surface area contributed by atoms with Gasteiger partial charge in [-0.25, -0.2) is 23.5 Å². The number of primary sulfonamides is 1. The molecule has 0 spiro atoms. The Morgan fingerprint density at radius 1 is 1.12 bits per heavy atom. The lowest BCUT2D eigenvalue weighted by molar-refractivity contribution is -0.115. The van der Waals surface area contributed by atoms with Gasteiger partial charge >= 0.3 is 6.18 Å². The zero-order valence-corrected chi connectivity index (χ0v) is 19.0. The number of alkyl halides is 3. The van der Waals surface area contributed by atoms with Crippen LogP contribution in [0, 0.1) is 17.8 Å². The molecule has 1 fully saturated rings. The van der Waals surface area contributed by atoms with E-state index in [2.05, 4.69) is 37.4 Å². The summed E-state index contributed by atoms with van der Waals surface area (Å²) in [4.78, 5) is 12.6. The van der Waals surface area contributed by atoms with Crippen molar-refractivity contribution in [3.05, 3.63) is 46.6 Å². The molecule has 1 aliphatic carbocycles. The highest BCUT2D eigenvalue weighted by Crippen LogP contribution is 2.28. The molecule has 0 aliphatic heterocycles. The highest BCUT2D eigenvalue weighted by Gasteiger charge is 2.27. The summed E-state index contributed by atoms with van der Waals surface area (Å²) in [5, 5.41) is 10.4. The number of fused-ring (bicyclic) bond motifs is 1. The summed E-state index contributed by atoms with van der Waals surface area (Å²) in [6.07, 6.45) is -2.41. The van der Waals surface area contributed by atoms with Crippen LogP contribution < -0.4 is 15.8 Å². The quantitative estimate of drug-likeness (QED) is 0.432. The Balaban J connectivity index is 1.64. The van der Waals surface area contributed by atoms with Gasteiger partial charge in [0.15, 0.2) is 5.82 Å². The number of benzene rings is 1. The van der Waals surface area contributed by atoms with Crippen molar-refractivity contribution < 1.29 is 21.6 Å². The Morgan fingerprint density at radius 2 is 1.88 bits per heavy atom. The van der Waals surface area contributed by atoms with Crippen LogP contribution in [0.4, 0.5) is 24.9 Å². The number of aromatic nitrogens is 3. The third-order valence-electron chi connectivity index (χ3n) is 4.69. The van der Waals surface area contributed by atoms with E-state index in [9.17, 15) is 21.6 Å². The molecule has 3 aromatic rings. The minimum atomic E-state index is -4.47. The van der Waals surface area contributed by atoms with Crippen LogP contribution in [0.2, 0.25) is 5.02 Å². The predicted octanol–water partition coefficient (Wildman–Crippen LogP) is 3.67. The van der Waals surface area contributed by atoms with Crippen LogP contribution in [0.1, 0.15) is 24.1 Å². The highest BCUT2D eigenvalue weighted by molar-refractivity contribution is 7.89. The second-order valence-corrected chi connectivity index (χ2v) is 9.66. The van der Waals surface area contributed by atoms with Gasteiger partial charge in [-0.1, -0.05) is 17.5 Å². The van der Waals surface area contributed by atoms with Gasteiger partial charge in [0, 0.05) is 17.5 Å². The maximum Gasteiger partial charge on any atom is 0.405 e. The van der Waals surface area contributed by atoms with Gasteiger partial charge in [0.1, 0.15) is 17.8 Å². The van der Waals surface area contributed by atoms with E-state index in [0.717, 1.165) is 12.8 Å². The molecule has 0 bridgehead atoms. The average Bonchev–Trinajstić information content (AvgIpc) is 3.57. The van der Waals surface area contributed by atoms with Crippen LogP contribution in [0.3, 0.4) is 0 Å². The van der Waals surface area contributed by atoms with E-state index in [0.29, 0.717) is 22.7 Å². The van der Waals surface area contributed by atoms with Gasteiger partial charge in [-0.05, 0) is 54.7 Å². The maximum atomic E-state index is 12.8. The van der Waals surface area contributed by atoms with Gasteiger partial charge in [-0.15, -0.1) is 0 Å². The minimum absolute atomic E-state index is 0.00733. The Morgan fingerprint density at radius 3 is 2.56 bits per heavy atom. The lowest BCUT2D eigenvalue weighted by Crippen LogP contribution is -2.22. The molecule has 34 heavy (non-hydrogen) atoms. The Kier molecular flexibility index (Phi) is 6.53. The molecule has 1 aliphatic rings. The van der Waals surface area contributed by atoms with Gasteiger partial charge in [-0.2, -0.15) is 18.2 Å². The van der Waals surface area contributed by atoms with E-state index >= 15 is 0 Å². The van der Waals surface area contributed by atoms with Gasteiger partial charge in [0.05, 0.1) is 10.4 Å². The molecule has 4 N–H and O–H groups in total. The van der Waals surface area contributed by atoms with Crippen LogP contribution >= 0.6 is 11.6 Å². The third-order valence-corrected chi connectivity index (χ3v) is 5.80. The number of sulfonamides is 1. The second-order valence-electron chi connectivity index (χ2n) is 7.67. The third kappa shape index (κ3) is 6.47. The molecule has 8 nitrogen and oxygen atoms in total. The van der Waals surface area contributed by atoms with Crippen molar-refractivity contribution in [3.8, 4) is 11.8 Å². The van der Waals surface area contributed by atoms with E-state index < -0.39 is 22.7 Å². The number of nitrogens with zero attached hydrogens (tertiary/aromatic N) is 3. The lowest BCUT2D eigenvalue weighted by Gasteiger charge is -2.13. The van der Waals surface area contributed by atoms with Crippen LogP contribution in [0.5, 0.6) is 0 Å². The number of hydrogen-bond acceptors (Lipinski definition) is 7. The number of nitrogens with two attached hydrogens (primary N) is 1. The average molecular weight is 511 g/mol. The summed E-state index contributed by atoms with van der Waals surface area (Å²) >= 11 is 5.97. The zero-order chi connectivity index (χ0) is 24.5. The van der Waals surface area contributed by atoms with Crippen LogP contribution in [0.25, 0.3) is 11.0 Å². The van der Waals surface area contributed by atoms with Crippen molar-refractivity contribution >= 4 is 44.4 Å². The van der Waals surface area contributed by atoms with Crippen molar-refractivity contribution in [3.63, 3.8) is 0 Å². The summed E-state index contributed by atoms with van der Waals surface area (Å²) in [7, 11) is -3.98. The first kappa shape index (κ1) is 24.0. The normalized spacial score (nSPS) is 13.9. The number of halogens is 4. The molecule has 13 heteroatoms. The summed E-state index contributed by atoms with van der Waals surface area (Å²) < 4.78 is 61.8. The molecule has 4 rings (SSSR count). The molecular formula is C21H18ClF3N6O2S. The van der Waals surface area contributed by atoms with Crippen molar-refractivity contribution in [2.45, 2.75) is 30.5 Å². The van der Waals surface area contributed by atoms with Crippen molar-refractivity contribution in [1.29, 1.82) is 0 Å². The first-order valence-electron chi connectivity index (χ1n) is 10.0. The molecule has 178 valence electrons. The smallest absolute Gasteiger partial charge is 0.359 e. The van der Waals surface area contributed by atoms with Crippen LogP contribution in [-0.2, 0) is 16.6 Å². The van der Waals surface area contributed by atoms with Gasteiger partial charge < -0.3 is 10.6 Å². The molecule has 1 aromatic carbocycles. The molecule has 2 aromatic heterocycles. The van der Waals surface area contributed by atoms with Crippen molar-refractivity contribution in [1.82, 2.24) is 15.0 Å². The fourth-order valence-corrected chi connectivity index (χ4v) is 3.87. The van der Waals surface area contributed by atoms with Gasteiger partial charge in [0.25, 0.3) is 0 Å². The number of nitrogens with one attached hydrogen (secondary N) is 2. The summed E-state index contributed by atoms with van der Waals surface area (Å²) in [6, 6.07) is 7.28. The summed E-state index contributed by atoms with van der Waals surface area (Å²) in [5.74, 6) is 6.21. The fraction of sp³-hybridized carbons (Fsp3) is 0.286. The molecule has 0 radical (unpaired) electrons. The largest absolute Gasteiger partial charge is 0.405 e. The fourth-order valence-electron chi connectivity index (χ4n) is 2.94. The monoisotopic (exact) mass is 510 g/mol. The van der Waals surface area contributed by atoms with E-state index in [1.54, 1.807) is 12.1 Å². The molecule has 0 unspecified atom stereocenters. The van der Waals surface area contributed by atoms with Crippen molar-refractivity contribution in [2.24, 2.45) is 11.1 Å². The van der Waals surface area contributed by atoms with E-state index in [-0.39, 0.29) is 33.7 Å². The Bertz CT molecular complexity index is 1420. The molecule has 2 heterocycles. The summed E-state index contributed by atoms with van der Waals surface area (Å²) in [6.45, 7) is -1.28. The summed E-state index contributed by atoms with van der Waals surface area (Å²) in [5.41, 5.74) is 1.31. The molecule has 0 saturated heterocycles. The molecule has 0 amide bonds. The van der Waals surface area contributed by atoms with Crippen molar-refractivity contribution in [2.75, 3.05) is 17.2 Å². The van der Waals surface area contributed by atoms with E-state index in [1.807, 2.05) is 0 Å². The lowest BCUT2D eigenvalue weighted by atomic mass is 10.2. The molecule has 0 atom stereocenters.